The van der Waals surface area contributed by atoms with Gasteiger partial charge >= 0.3 is 0 Å². The molecule has 18 heavy (non-hydrogen) atoms. The monoisotopic (exact) mass is 252 g/mol. The average molecular weight is 252 g/mol. The first-order valence-electron chi connectivity index (χ1n) is 6.30. The van der Waals surface area contributed by atoms with E-state index in [0.717, 1.165) is 25.1 Å². The highest BCUT2D eigenvalue weighted by Gasteiger charge is 2.17. The van der Waals surface area contributed by atoms with Crippen molar-refractivity contribution in [2.24, 2.45) is 5.73 Å². The molecule has 6 nitrogen and oxygen atoms in total. The third-order valence-corrected chi connectivity index (χ3v) is 3.16. The molecule has 0 saturated carbocycles. The van der Waals surface area contributed by atoms with E-state index >= 15 is 0 Å². The topological polar surface area (TPSA) is 73.4 Å². The van der Waals surface area contributed by atoms with Crippen LogP contribution in [0.5, 0.6) is 0 Å². The molecule has 0 amide bonds. The zero-order chi connectivity index (χ0) is 13.0. The number of anilines is 1. The minimum Gasteiger partial charge on any atom is -0.376 e. The summed E-state index contributed by atoms with van der Waals surface area (Å²) in [6.07, 6.45) is 3.90. The molecule has 1 saturated heterocycles. The lowest BCUT2D eigenvalue weighted by atomic mass is 10.2. The third kappa shape index (κ3) is 3.08. The molecule has 1 atom stereocenters. The lowest BCUT2D eigenvalue weighted by Gasteiger charge is -2.18. The van der Waals surface area contributed by atoms with Crippen molar-refractivity contribution in [1.29, 1.82) is 0 Å². The second-order valence-corrected chi connectivity index (χ2v) is 4.58. The van der Waals surface area contributed by atoms with Gasteiger partial charge in [-0.3, -0.25) is 4.79 Å². The molecule has 0 aromatic carbocycles. The zero-order valence-corrected chi connectivity index (χ0v) is 10.7. The molecule has 0 aliphatic carbocycles. The molecule has 1 aliphatic heterocycles. The smallest absolute Gasteiger partial charge is 0.268 e. The molecule has 1 unspecified atom stereocenters. The second-order valence-electron chi connectivity index (χ2n) is 4.58. The number of nitrogens with zero attached hydrogens (tertiary/aromatic N) is 3. The van der Waals surface area contributed by atoms with E-state index in [-0.39, 0.29) is 11.7 Å². The first-order valence-corrected chi connectivity index (χ1v) is 6.30. The van der Waals surface area contributed by atoms with Gasteiger partial charge in [-0.2, -0.15) is 5.10 Å². The second kappa shape index (κ2) is 5.97. The van der Waals surface area contributed by atoms with Gasteiger partial charge in [0.2, 0.25) is 0 Å². The molecule has 1 fully saturated rings. The number of hydrogen-bond donors (Lipinski definition) is 1. The Morgan fingerprint density at radius 1 is 1.67 bits per heavy atom. The van der Waals surface area contributed by atoms with Gasteiger partial charge in [-0.1, -0.05) is 0 Å². The quantitative estimate of drug-likeness (QED) is 0.787. The molecule has 100 valence electrons. The maximum atomic E-state index is 11.9. The predicted octanol–water partition coefficient (Wildman–Crippen LogP) is -0.183. The summed E-state index contributed by atoms with van der Waals surface area (Å²) in [7, 11) is 1.90. The fourth-order valence-corrected chi connectivity index (χ4v) is 2.07. The van der Waals surface area contributed by atoms with Crippen LogP contribution in [-0.4, -0.2) is 42.6 Å². The number of likely N-dealkylation sites (N-methyl/N-ethyl adjacent to an activating group) is 1. The van der Waals surface area contributed by atoms with Crippen molar-refractivity contribution in [3.8, 4) is 0 Å². The molecule has 0 radical (unpaired) electrons. The van der Waals surface area contributed by atoms with Gasteiger partial charge in [0, 0.05) is 32.8 Å². The van der Waals surface area contributed by atoms with E-state index in [1.54, 1.807) is 12.3 Å². The van der Waals surface area contributed by atoms with Crippen LogP contribution in [0.1, 0.15) is 12.8 Å². The zero-order valence-electron chi connectivity index (χ0n) is 10.7. The Balaban J connectivity index is 2.07. The molecular formula is C12H20N4O2. The summed E-state index contributed by atoms with van der Waals surface area (Å²) in [6, 6.07) is 1.59. The summed E-state index contributed by atoms with van der Waals surface area (Å²) in [4.78, 5) is 13.8. The Kier molecular flexibility index (Phi) is 4.33. The van der Waals surface area contributed by atoms with E-state index in [0.29, 0.717) is 19.6 Å². The van der Waals surface area contributed by atoms with Gasteiger partial charge in [0.15, 0.2) is 0 Å². The van der Waals surface area contributed by atoms with E-state index in [2.05, 4.69) is 5.10 Å². The van der Waals surface area contributed by atoms with Gasteiger partial charge in [-0.25, -0.2) is 4.68 Å². The maximum absolute atomic E-state index is 11.9. The summed E-state index contributed by atoms with van der Waals surface area (Å²) in [5.74, 6) is 0. The molecule has 2 N–H and O–H groups in total. The Labute approximate surface area is 106 Å². The summed E-state index contributed by atoms with van der Waals surface area (Å²) >= 11 is 0. The van der Waals surface area contributed by atoms with Crippen LogP contribution in [0.15, 0.2) is 17.1 Å². The summed E-state index contributed by atoms with van der Waals surface area (Å²) in [6.45, 7) is 2.59. The number of ether oxygens (including phenoxy) is 1. The standard InChI is InChI=1S/C12H20N4O2/c1-15(5-4-13)10-7-12(17)16(14-8-10)9-11-3-2-6-18-11/h7-8,11H,2-6,9,13H2,1H3. The summed E-state index contributed by atoms with van der Waals surface area (Å²) in [5.41, 5.74) is 6.19. The SMILES string of the molecule is CN(CCN)c1cnn(CC2CCCO2)c(=O)c1. The molecule has 0 spiro atoms. The highest BCUT2D eigenvalue weighted by atomic mass is 16.5. The van der Waals surface area contributed by atoms with Crippen molar-refractivity contribution in [2.75, 3.05) is 31.6 Å². The van der Waals surface area contributed by atoms with Crippen molar-refractivity contribution in [1.82, 2.24) is 9.78 Å². The van der Waals surface area contributed by atoms with Gasteiger partial charge in [-0.15, -0.1) is 0 Å². The molecule has 1 aliphatic rings. The van der Waals surface area contributed by atoms with Crippen LogP contribution in [0.4, 0.5) is 5.69 Å². The molecule has 0 bridgehead atoms. The van der Waals surface area contributed by atoms with Gasteiger partial charge in [0.25, 0.3) is 5.56 Å². The average Bonchev–Trinajstić information content (AvgIpc) is 2.85. The largest absolute Gasteiger partial charge is 0.376 e. The van der Waals surface area contributed by atoms with E-state index in [9.17, 15) is 4.79 Å². The molecule has 6 heteroatoms. The Bertz CT molecular complexity index is 440. The third-order valence-electron chi connectivity index (χ3n) is 3.16. The first-order chi connectivity index (χ1) is 8.70. The number of hydrogen-bond acceptors (Lipinski definition) is 5. The minimum absolute atomic E-state index is 0.0909. The Morgan fingerprint density at radius 3 is 3.11 bits per heavy atom. The van der Waals surface area contributed by atoms with Crippen LogP contribution in [0, 0.1) is 0 Å². The fraction of sp³-hybridized carbons (Fsp3) is 0.667. The fourth-order valence-electron chi connectivity index (χ4n) is 2.07. The van der Waals surface area contributed by atoms with Crippen LogP contribution >= 0.6 is 0 Å². The van der Waals surface area contributed by atoms with Gasteiger partial charge in [-0.05, 0) is 12.8 Å². The Morgan fingerprint density at radius 2 is 2.50 bits per heavy atom. The van der Waals surface area contributed by atoms with Crippen molar-refractivity contribution in [3.63, 3.8) is 0 Å². The number of rotatable bonds is 5. The normalized spacial score (nSPS) is 19.1. The summed E-state index contributed by atoms with van der Waals surface area (Å²) < 4.78 is 6.97. The van der Waals surface area contributed by atoms with E-state index < -0.39 is 0 Å². The number of nitrogens with two attached hydrogens (primary N) is 1. The van der Waals surface area contributed by atoms with Crippen molar-refractivity contribution in [3.05, 3.63) is 22.6 Å². The molecule has 2 rings (SSSR count). The predicted molar refractivity (Wildman–Crippen MR) is 69.8 cm³/mol. The summed E-state index contributed by atoms with van der Waals surface area (Å²) in [5, 5.41) is 4.19. The van der Waals surface area contributed by atoms with E-state index in [1.807, 2.05) is 11.9 Å². The van der Waals surface area contributed by atoms with Crippen molar-refractivity contribution >= 4 is 5.69 Å². The minimum atomic E-state index is -0.0909. The lowest BCUT2D eigenvalue weighted by molar-refractivity contribution is 0.0927. The van der Waals surface area contributed by atoms with Crippen LogP contribution in [0.3, 0.4) is 0 Å². The Hall–Kier alpha value is -1.40. The van der Waals surface area contributed by atoms with Crippen LogP contribution in [0.25, 0.3) is 0 Å². The van der Waals surface area contributed by atoms with Crippen molar-refractivity contribution in [2.45, 2.75) is 25.5 Å². The molecule has 2 heterocycles. The number of aromatic nitrogens is 2. The highest BCUT2D eigenvalue weighted by molar-refractivity contribution is 5.41. The molecular weight excluding hydrogens is 232 g/mol. The van der Waals surface area contributed by atoms with Gasteiger partial charge < -0.3 is 15.4 Å². The molecule has 1 aromatic rings. The molecule has 1 aromatic heterocycles. The van der Waals surface area contributed by atoms with E-state index in [1.165, 1.54) is 4.68 Å². The highest BCUT2D eigenvalue weighted by Crippen LogP contribution is 2.13. The van der Waals surface area contributed by atoms with E-state index in [4.69, 9.17) is 10.5 Å². The first kappa shape index (κ1) is 13.0. The van der Waals surface area contributed by atoms with Crippen molar-refractivity contribution < 1.29 is 4.74 Å². The lowest BCUT2D eigenvalue weighted by Crippen LogP contribution is -2.31. The van der Waals surface area contributed by atoms with Crippen LogP contribution in [0.2, 0.25) is 0 Å². The van der Waals surface area contributed by atoms with Crippen LogP contribution < -0.4 is 16.2 Å². The maximum Gasteiger partial charge on any atom is 0.268 e. The van der Waals surface area contributed by atoms with Gasteiger partial charge in [0.1, 0.15) is 0 Å². The van der Waals surface area contributed by atoms with Gasteiger partial charge in [0.05, 0.1) is 24.5 Å². The van der Waals surface area contributed by atoms with Crippen LogP contribution in [-0.2, 0) is 11.3 Å².